The van der Waals surface area contributed by atoms with E-state index >= 15 is 0 Å². The molecule has 2 N–H and O–H groups in total. The minimum Gasteiger partial charge on any atom is -0.364 e. The molecule has 5 nitrogen and oxygen atoms in total. The molecule has 0 atom stereocenters. The van der Waals surface area contributed by atoms with Crippen molar-refractivity contribution in [2.24, 2.45) is 12.8 Å². The van der Waals surface area contributed by atoms with Gasteiger partial charge in [-0.05, 0) is 28.6 Å². The highest BCUT2D eigenvalue weighted by atomic mass is 16.1. The third-order valence-electron chi connectivity index (χ3n) is 4.20. The first kappa shape index (κ1) is 15.1. The molecule has 4 aromatic rings. The van der Waals surface area contributed by atoms with Crippen LogP contribution in [0.1, 0.15) is 10.5 Å². The van der Waals surface area contributed by atoms with Crippen LogP contribution in [0.5, 0.6) is 0 Å². The molecule has 0 saturated heterocycles. The summed E-state index contributed by atoms with van der Waals surface area (Å²) < 4.78 is 1.78. The molecule has 0 unspecified atom stereocenters. The van der Waals surface area contributed by atoms with E-state index in [2.05, 4.69) is 16.1 Å². The zero-order chi connectivity index (χ0) is 17.4. The van der Waals surface area contributed by atoms with Gasteiger partial charge in [0.1, 0.15) is 5.69 Å². The van der Waals surface area contributed by atoms with Gasteiger partial charge in [0.2, 0.25) is 0 Å². The Morgan fingerprint density at radius 3 is 2.48 bits per heavy atom. The Kier molecular flexibility index (Phi) is 3.54. The van der Waals surface area contributed by atoms with Crippen LogP contribution < -0.4 is 5.73 Å². The molecular weight excluding hydrogens is 312 g/mol. The molecule has 0 aliphatic heterocycles. The molecule has 0 aliphatic carbocycles. The molecule has 1 radical (unpaired) electrons. The lowest BCUT2D eigenvalue weighted by atomic mass is 9.97. The number of carbonyl (C=O) groups excluding carboxylic acids is 1. The number of nitrogens with zero attached hydrogens (tertiary/aromatic N) is 3. The molecule has 1 amide bonds. The number of carbonyl (C=O) groups is 1. The average molecular weight is 327 g/mol. The lowest BCUT2D eigenvalue weighted by Crippen LogP contribution is -2.13. The number of aromatic nitrogens is 3. The molecule has 2 aromatic heterocycles. The lowest BCUT2D eigenvalue weighted by Gasteiger charge is -2.09. The Balaban J connectivity index is 1.82. The fraction of sp³-hybridized carbons (Fsp3) is 0.0500. The number of rotatable bonds is 3. The predicted molar refractivity (Wildman–Crippen MR) is 96.7 cm³/mol. The number of hydrogen-bond acceptors (Lipinski definition) is 3. The van der Waals surface area contributed by atoms with Crippen molar-refractivity contribution in [3.8, 4) is 22.3 Å². The van der Waals surface area contributed by atoms with Crippen molar-refractivity contribution in [3.63, 3.8) is 0 Å². The van der Waals surface area contributed by atoms with Crippen molar-refractivity contribution in [2.45, 2.75) is 0 Å². The number of pyridine rings is 1. The Morgan fingerprint density at radius 2 is 1.80 bits per heavy atom. The van der Waals surface area contributed by atoms with Crippen LogP contribution in [-0.2, 0) is 7.05 Å². The van der Waals surface area contributed by atoms with Crippen LogP contribution in [0.3, 0.4) is 0 Å². The van der Waals surface area contributed by atoms with Gasteiger partial charge in [-0.2, -0.15) is 5.10 Å². The number of amides is 1. The fourth-order valence-corrected chi connectivity index (χ4v) is 2.97. The van der Waals surface area contributed by atoms with E-state index in [1.165, 1.54) is 0 Å². The molecule has 0 saturated carbocycles. The Bertz CT molecular complexity index is 1080. The second-order valence-electron chi connectivity index (χ2n) is 5.84. The summed E-state index contributed by atoms with van der Waals surface area (Å²) in [4.78, 5) is 15.9. The molecule has 121 valence electrons. The highest BCUT2D eigenvalue weighted by Crippen LogP contribution is 2.30. The van der Waals surface area contributed by atoms with E-state index in [0.29, 0.717) is 0 Å². The molecule has 0 aliphatic rings. The summed E-state index contributed by atoms with van der Waals surface area (Å²) in [6.07, 6.45) is 5.50. The van der Waals surface area contributed by atoms with E-state index in [0.717, 1.165) is 33.0 Å². The van der Waals surface area contributed by atoms with Crippen molar-refractivity contribution in [2.75, 3.05) is 0 Å². The number of benzene rings is 2. The molecular formula is C20H15N4O. The summed E-state index contributed by atoms with van der Waals surface area (Å²) >= 11 is 0. The summed E-state index contributed by atoms with van der Waals surface area (Å²) in [5, 5.41) is 5.84. The van der Waals surface area contributed by atoms with Crippen LogP contribution in [0.15, 0.2) is 61.1 Å². The van der Waals surface area contributed by atoms with Gasteiger partial charge in [0.15, 0.2) is 0 Å². The Morgan fingerprint density at radius 1 is 1.04 bits per heavy atom. The maximum Gasteiger partial charge on any atom is 0.267 e. The van der Waals surface area contributed by atoms with Gasteiger partial charge >= 0.3 is 0 Å². The van der Waals surface area contributed by atoms with Crippen LogP contribution >= 0.6 is 0 Å². The minimum absolute atomic E-state index is 0.278. The number of hydrogen-bond donors (Lipinski definition) is 1. The second kappa shape index (κ2) is 5.87. The summed E-state index contributed by atoms with van der Waals surface area (Å²) in [5.74, 6) is -0.533. The first-order chi connectivity index (χ1) is 12.1. The zero-order valence-corrected chi connectivity index (χ0v) is 13.6. The van der Waals surface area contributed by atoms with E-state index in [9.17, 15) is 4.79 Å². The third kappa shape index (κ3) is 2.65. The van der Waals surface area contributed by atoms with Crippen LogP contribution in [-0.4, -0.2) is 20.7 Å². The maximum atomic E-state index is 11.6. The molecule has 4 rings (SSSR count). The van der Waals surface area contributed by atoms with Crippen molar-refractivity contribution in [3.05, 3.63) is 72.8 Å². The van der Waals surface area contributed by atoms with Crippen LogP contribution in [0.2, 0.25) is 0 Å². The number of primary amides is 1. The fourth-order valence-electron chi connectivity index (χ4n) is 2.97. The standard InChI is InChI=1S/C20H15N4O/c1-24-12-15(10-23-24)13-6-8-14(9-7-13)18-11-22-19(20(21)25)17-5-3-2-4-16(17)18/h3-12H,1H3,(H2,21,25). The summed E-state index contributed by atoms with van der Waals surface area (Å²) in [5.41, 5.74) is 9.82. The largest absolute Gasteiger partial charge is 0.364 e. The van der Waals surface area contributed by atoms with E-state index in [-0.39, 0.29) is 5.69 Å². The monoisotopic (exact) mass is 327 g/mol. The molecule has 0 bridgehead atoms. The zero-order valence-electron chi connectivity index (χ0n) is 13.6. The van der Waals surface area contributed by atoms with Gasteiger partial charge in [0.25, 0.3) is 5.91 Å². The van der Waals surface area contributed by atoms with Gasteiger partial charge in [-0.15, -0.1) is 0 Å². The third-order valence-corrected chi connectivity index (χ3v) is 4.20. The number of nitrogens with two attached hydrogens (primary N) is 1. The smallest absolute Gasteiger partial charge is 0.267 e. The molecule has 0 spiro atoms. The first-order valence-corrected chi connectivity index (χ1v) is 7.81. The summed E-state index contributed by atoms with van der Waals surface area (Å²) in [7, 11) is 1.90. The molecule has 25 heavy (non-hydrogen) atoms. The topological polar surface area (TPSA) is 73.8 Å². The minimum atomic E-state index is -0.533. The van der Waals surface area contributed by atoms with Crippen molar-refractivity contribution >= 4 is 16.7 Å². The van der Waals surface area contributed by atoms with E-state index in [4.69, 9.17) is 5.73 Å². The second-order valence-corrected chi connectivity index (χ2v) is 5.84. The molecule has 0 fully saturated rings. The van der Waals surface area contributed by atoms with Crippen molar-refractivity contribution in [1.82, 2.24) is 14.8 Å². The van der Waals surface area contributed by atoms with Crippen molar-refractivity contribution < 1.29 is 4.79 Å². The predicted octanol–water partition coefficient (Wildman–Crippen LogP) is 3.20. The quantitative estimate of drug-likeness (QED) is 0.628. The van der Waals surface area contributed by atoms with Crippen LogP contribution in [0.25, 0.3) is 33.0 Å². The van der Waals surface area contributed by atoms with Gasteiger partial charge < -0.3 is 5.73 Å². The van der Waals surface area contributed by atoms with E-state index in [1.807, 2.05) is 55.8 Å². The lowest BCUT2D eigenvalue weighted by molar-refractivity contribution is 0.0997. The number of aryl methyl sites for hydroxylation is 1. The summed E-state index contributed by atoms with van der Waals surface area (Å²) in [6.45, 7) is 0. The average Bonchev–Trinajstić information content (AvgIpc) is 3.07. The molecule has 5 heteroatoms. The molecule has 2 aromatic carbocycles. The van der Waals surface area contributed by atoms with E-state index < -0.39 is 5.91 Å². The van der Waals surface area contributed by atoms with Crippen LogP contribution in [0.4, 0.5) is 0 Å². The van der Waals surface area contributed by atoms with Gasteiger partial charge in [0.05, 0.1) is 6.20 Å². The Labute approximate surface area is 144 Å². The summed E-state index contributed by atoms with van der Waals surface area (Å²) in [6, 6.07) is 16.7. The first-order valence-electron chi connectivity index (χ1n) is 7.81. The highest BCUT2D eigenvalue weighted by molar-refractivity contribution is 6.08. The van der Waals surface area contributed by atoms with Gasteiger partial charge in [0, 0.05) is 36.0 Å². The Hall–Kier alpha value is -3.47. The van der Waals surface area contributed by atoms with Gasteiger partial charge in [-0.25, -0.2) is 4.98 Å². The van der Waals surface area contributed by atoms with Gasteiger partial charge in [-0.3, -0.25) is 9.48 Å². The van der Waals surface area contributed by atoms with Crippen molar-refractivity contribution in [1.29, 1.82) is 0 Å². The SMILES string of the molecule is Cn1cc(-c2ccc(-c3cnc(C(N)=O)c4cc[c]cc34)cc2)cn1. The normalized spacial score (nSPS) is 10.9. The van der Waals surface area contributed by atoms with E-state index in [1.54, 1.807) is 16.9 Å². The van der Waals surface area contributed by atoms with Crippen LogP contribution in [0, 0.1) is 6.07 Å². The van der Waals surface area contributed by atoms with Gasteiger partial charge in [-0.1, -0.05) is 36.4 Å². The molecule has 2 heterocycles. The number of fused-ring (bicyclic) bond motifs is 1. The maximum absolute atomic E-state index is 11.6. The highest BCUT2D eigenvalue weighted by Gasteiger charge is 2.12.